The molecule has 21 heavy (non-hydrogen) atoms. The molecule has 1 saturated carbocycles. The van der Waals surface area contributed by atoms with E-state index in [0.717, 1.165) is 18.2 Å². The lowest BCUT2D eigenvalue weighted by Gasteiger charge is -2.32. The molecule has 0 aliphatic heterocycles. The molecule has 2 heteroatoms. The van der Waals surface area contributed by atoms with Crippen molar-refractivity contribution in [2.75, 3.05) is 0 Å². The van der Waals surface area contributed by atoms with E-state index in [1.807, 2.05) is 0 Å². The van der Waals surface area contributed by atoms with Crippen LogP contribution in [0.1, 0.15) is 65.4 Å². The van der Waals surface area contributed by atoms with Gasteiger partial charge in [0.15, 0.2) is 0 Å². The van der Waals surface area contributed by atoms with E-state index in [1.54, 1.807) is 0 Å². The molecule has 2 rings (SSSR count). The lowest BCUT2D eigenvalue weighted by Crippen LogP contribution is -2.35. The molecule has 2 unspecified atom stereocenters. The van der Waals surface area contributed by atoms with Crippen molar-refractivity contribution in [3.8, 4) is 5.75 Å². The van der Waals surface area contributed by atoms with Crippen LogP contribution in [0.5, 0.6) is 5.75 Å². The minimum Gasteiger partial charge on any atom is -0.490 e. The van der Waals surface area contributed by atoms with Crippen molar-refractivity contribution < 1.29 is 4.74 Å². The van der Waals surface area contributed by atoms with E-state index in [9.17, 15) is 0 Å². The summed E-state index contributed by atoms with van der Waals surface area (Å²) in [5.41, 5.74) is 1.40. The van der Waals surface area contributed by atoms with Crippen molar-refractivity contribution in [3.63, 3.8) is 0 Å². The Hall–Kier alpha value is -1.02. The third-order valence-electron chi connectivity index (χ3n) is 4.42. The lowest BCUT2D eigenvalue weighted by molar-refractivity contribution is 0.0892. The standard InChI is InChI=1S/C19H31NO/c1-5-15-10-6-8-12-17(15)21-18-13-9-7-11-16(18)14-20-19(2,3)4/h7,9,11,13,15,17,20H,5-6,8,10,12,14H2,1-4H3. The monoisotopic (exact) mass is 289 g/mol. The molecule has 118 valence electrons. The highest BCUT2D eigenvalue weighted by Gasteiger charge is 2.25. The van der Waals surface area contributed by atoms with Gasteiger partial charge in [0.1, 0.15) is 11.9 Å². The van der Waals surface area contributed by atoms with Gasteiger partial charge in [0.25, 0.3) is 0 Å². The molecule has 0 bridgehead atoms. The summed E-state index contributed by atoms with van der Waals surface area (Å²) in [6, 6.07) is 8.49. The van der Waals surface area contributed by atoms with Gasteiger partial charge in [-0.25, -0.2) is 0 Å². The van der Waals surface area contributed by atoms with Gasteiger partial charge in [-0.2, -0.15) is 0 Å². The van der Waals surface area contributed by atoms with Crippen molar-refractivity contribution in [3.05, 3.63) is 29.8 Å². The zero-order valence-electron chi connectivity index (χ0n) is 14.1. The number of para-hydroxylation sites is 1. The largest absolute Gasteiger partial charge is 0.490 e. The van der Waals surface area contributed by atoms with E-state index in [0.29, 0.717) is 6.10 Å². The molecule has 0 heterocycles. The minimum absolute atomic E-state index is 0.129. The van der Waals surface area contributed by atoms with E-state index in [4.69, 9.17) is 4.74 Å². The Morgan fingerprint density at radius 3 is 2.57 bits per heavy atom. The third kappa shape index (κ3) is 5.03. The highest BCUT2D eigenvalue weighted by Crippen LogP contribution is 2.31. The van der Waals surface area contributed by atoms with Crippen LogP contribution >= 0.6 is 0 Å². The second-order valence-corrected chi connectivity index (χ2v) is 7.32. The van der Waals surface area contributed by atoms with Gasteiger partial charge in [-0.05, 0) is 58.4 Å². The molecule has 1 aliphatic carbocycles. The smallest absolute Gasteiger partial charge is 0.124 e. The number of nitrogens with one attached hydrogen (secondary N) is 1. The van der Waals surface area contributed by atoms with Gasteiger partial charge in [-0.3, -0.25) is 0 Å². The van der Waals surface area contributed by atoms with E-state index in [1.165, 1.54) is 37.7 Å². The van der Waals surface area contributed by atoms with Crippen LogP contribution in [-0.2, 0) is 6.54 Å². The number of hydrogen-bond acceptors (Lipinski definition) is 2. The van der Waals surface area contributed by atoms with Gasteiger partial charge >= 0.3 is 0 Å². The maximum absolute atomic E-state index is 6.42. The Bertz CT molecular complexity index is 435. The van der Waals surface area contributed by atoms with Crippen LogP contribution in [0, 0.1) is 5.92 Å². The quantitative estimate of drug-likeness (QED) is 0.830. The predicted molar refractivity (Wildman–Crippen MR) is 89.7 cm³/mol. The number of hydrogen-bond donors (Lipinski definition) is 1. The molecule has 0 radical (unpaired) electrons. The van der Waals surface area contributed by atoms with Crippen LogP contribution in [0.3, 0.4) is 0 Å². The summed E-state index contributed by atoms with van der Waals surface area (Å²) in [6.45, 7) is 9.75. The zero-order valence-corrected chi connectivity index (χ0v) is 14.1. The molecular formula is C19H31NO. The minimum atomic E-state index is 0.129. The molecule has 0 saturated heterocycles. The first-order chi connectivity index (χ1) is 9.99. The fraction of sp³-hybridized carbons (Fsp3) is 0.684. The Labute approximate surface area is 130 Å². The summed E-state index contributed by atoms with van der Waals surface area (Å²) in [6.07, 6.45) is 6.84. The summed E-state index contributed by atoms with van der Waals surface area (Å²) >= 11 is 0. The molecule has 0 spiro atoms. The van der Waals surface area contributed by atoms with Crippen molar-refractivity contribution in [1.82, 2.24) is 5.32 Å². The van der Waals surface area contributed by atoms with E-state index in [2.05, 4.69) is 57.3 Å². The topological polar surface area (TPSA) is 21.3 Å². The second kappa shape index (κ2) is 7.31. The highest BCUT2D eigenvalue weighted by atomic mass is 16.5. The molecule has 1 aromatic rings. The first-order valence-electron chi connectivity index (χ1n) is 8.49. The van der Waals surface area contributed by atoms with Crippen molar-refractivity contribution in [1.29, 1.82) is 0 Å². The number of rotatable bonds is 5. The van der Waals surface area contributed by atoms with Crippen LogP contribution in [0.25, 0.3) is 0 Å². The second-order valence-electron chi connectivity index (χ2n) is 7.32. The predicted octanol–water partition coefficient (Wildman–Crippen LogP) is 4.92. The molecule has 2 nitrogen and oxygen atoms in total. The van der Waals surface area contributed by atoms with Crippen molar-refractivity contribution in [2.45, 2.75) is 78.0 Å². The third-order valence-corrected chi connectivity index (χ3v) is 4.42. The molecule has 0 aromatic heterocycles. The molecular weight excluding hydrogens is 258 g/mol. The zero-order chi connectivity index (χ0) is 15.3. The molecule has 0 amide bonds. The lowest BCUT2D eigenvalue weighted by atomic mass is 9.84. The summed E-state index contributed by atoms with van der Waals surface area (Å²) in [4.78, 5) is 0. The van der Waals surface area contributed by atoms with Gasteiger partial charge in [-0.1, -0.05) is 31.5 Å². The van der Waals surface area contributed by atoms with Gasteiger partial charge in [0, 0.05) is 17.6 Å². The molecule has 1 aliphatic rings. The Kier molecular flexibility index (Phi) is 5.69. The van der Waals surface area contributed by atoms with Crippen LogP contribution in [0.15, 0.2) is 24.3 Å². The summed E-state index contributed by atoms with van der Waals surface area (Å²) in [5, 5.41) is 3.56. The Morgan fingerprint density at radius 2 is 1.86 bits per heavy atom. The van der Waals surface area contributed by atoms with Gasteiger partial charge in [0.05, 0.1) is 0 Å². The van der Waals surface area contributed by atoms with Gasteiger partial charge in [0.2, 0.25) is 0 Å². The fourth-order valence-electron chi connectivity index (χ4n) is 3.08. The summed E-state index contributed by atoms with van der Waals surface area (Å²) in [7, 11) is 0. The van der Waals surface area contributed by atoms with Crippen LogP contribution < -0.4 is 10.1 Å². The maximum Gasteiger partial charge on any atom is 0.124 e. The summed E-state index contributed by atoms with van der Waals surface area (Å²) < 4.78 is 6.42. The van der Waals surface area contributed by atoms with Gasteiger partial charge < -0.3 is 10.1 Å². The van der Waals surface area contributed by atoms with E-state index >= 15 is 0 Å². The normalized spacial score (nSPS) is 23.0. The highest BCUT2D eigenvalue weighted by molar-refractivity contribution is 5.33. The van der Waals surface area contributed by atoms with E-state index in [-0.39, 0.29) is 5.54 Å². The first-order valence-corrected chi connectivity index (χ1v) is 8.49. The average molecular weight is 289 g/mol. The summed E-state index contributed by atoms with van der Waals surface area (Å²) in [5.74, 6) is 1.79. The molecule has 1 aromatic carbocycles. The van der Waals surface area contributed by atoms with Crippen LogP contribution in [0.2, 0.25) is 0 Å². The van der Waals surface area contributed by atoms with Crippen molar-refractivity contribution in [2.24, 2.45) is 5.92 Å². The molecule has 2 atom stereocenters. The Morgan fingerprint density at radius 1 is 1.14 bits per heavy atom. The van der Waals surface area contributed by atoms with Crippen LogP contribution in [-0.4, -0.2) is 11.6 Å². The Balaban J connectivity index is 2.05. The maximum atomic E-state index is 6.42. The molecule has 1 N–H and O–H groups in total. The van der Waals surface area contributed by atoms with Gasteiger partial charge in [-0.15, -0.1) is 0 Å². The molecule has 1 fully saturated rings. The number of benzene rings is 1. The van der Waals surface area contributed by atoms with E-state index < -0.39 is 0 Å². The van der Waals surface area contributed by atoms with Crippen molar-refractivity contribution >= 4 is 0 Å². The average Bonchev–Trinajstić information content (AvgIpc) is 2.46. The number of ether oxygens (including phenoxy) is 1. The first kappa shape index (κ1) is 16.4. The fourth-order valence-corrected chi connectivity index (χ4v) is 3.08. The van der Waals surface area contributed by atoms with Crippen LogP contribution in [0.4, 0.5) is 0 Å². The SMILES string of the molecule is CCC1CCCCC1Oc1ccccc1CNC(C)(C)C.